The van der Waals surface area contributed by atoms with E-state index < -0.39 is 0 Å². The van der Waals surface area contributed by atoms with Gasteiger partial charge in [-0.05, 0) is 104 Å². The summed E-state index contributed by atoms with van der Waals surface area (Å²) in [5, 5.41) is 0. The minimum absolute atomic E-state index is 0.0152. The summed E-state index contributed by atoms with van der Waals surface area (Å²) < 4.78 is 5.86. The summed E-state index contributed by atoms with van der Waals surface area (Å²) >= 11 is 0. The van der Waals surface area contributed by atoms with Gasteiger partial charge in [-0.25, -0.2) is 0 Å². The van der Waals surface area contributed by atoms with Crippen LogP contribution in [-0.2, 0) is 14.3 Å². The van der Waals surface area contributed by atoms with Crippen molar-refractivity contribution in [2.75, 3.05) is 0 Å². The predicted octanol–water partition coefficient (Wildman–Crippen LogP) is 5.09. The molecule has 7 aliphatic rings. The van der Waals surface area contributed by atoms with Crippen molar-refractivity contribution in [3.63, 3.8) is 0 Å². The number of carbonyl (C=O) groups is 2. The second kappa shape index (κ2) is 5.19. The highest BCUT2D eigenvalue weighted by Crippen LogP contribution is 2.76. The van der Waals surface area contributed by atoms with Crippen LogP contribution in [0.15, 0.2) is 11.6 Å². The van der Waals surface area contributed by atoms with Gasteiger partial charge in [-0.15, -0.1) is 0 Å². The Kier molecular flexibility index (Phi) is 3.14. The Morgan fingerprint density at radius 1 is 1.03 bits per heavy atom. The maximum atomic E-state index is 12.9. The molecule has 0 bridgehead atoms. The van der Waals surface area contributed by atoms with Crippen molar-refractivity contribution < 1.29 is 14.3 Å². The molecule has 9 atom stereocenters. The van der Waals surface area contributed by atoms with Gasteiger partial charge < -0.3 is 4.74 Å². The molecule has 3 nitrogen and oxygen atoms in total. The summed E-state index contributed by atoms with van der Waals surface area (Å²) in [5.74, 6) is 4.83. The monoisotopic (exact) mass is 394 g/mol. The van der Waals surface area contributed by atoms with Crippen LogP contribution in [0.3, 0.4) is 0 Å². The zero-order chi connectivity index (χ0) is 19.8. The molecule has 5 saturated carbocycles. The predicted molar refractivity (Wildman–Crippen MR) is 109 cm³/mol. The Labute approximate surface area is 174 Å². The van der Waals surface area contributed by atoms with Crippen molar-refractivity contribution >= 4 is 11.8 Å². The van der Waals surface area contributed by atoms with Gasteiger partial charge in [0.25, 0.3) is 0 Å². The molecule has 0 aromatic carbocycles. The Hall–Kier alpha value is -1.12. The number of hydrogen-bond donors (Lipinski definition) is 0. The molecule has 0 N–H and O–H groups in total. The molecule has 6 fully saturated rings. The van der Waals surface area contributed by atoms with E-state index in [1.807, 2.05) is 0 Å². The molecule has 3 heteroatoms. The van der Waals surface area contributed by atoms with Crippen LogP contribution < -0.4 is 0 Å². The molecule has 0 aromatic rings. The van der Waals surface area contributed by atoms with E-state index in [9.17, 15) is 9.59 Å². The molecule has 156 valence electrons. The van der Waals surface area contributed by atoms with E-state index in [4.69, 9.17) is 4.74 Å². The number of esters is 1. The average molecular weight is 395 g/mol. The topological polar surface area (TPSA) is 43.4 Å². The van der Waals surface area contributed by atoms with Crippen LogP contribution in [0.25, 0.3) is 0 Å². The van der Waals surface area contributed by atoms with E-state index in [-0.39, 0.29) is 22.9 Å². The van der Waals surface area contributed by atoms with Crippen LogP contribution in [-0.4, -0.2) is 17.9 Å². The molecule has 0 radical (unpaired) electrons. The fraction of sp³-hybridized carbons (Fsp3) is 0.846. The zero-order valence-corrected chi connectivity index (χ0v) is 17.9. The highest BCUT2D eigenvalue weighted by atomic mass is 16.5. The van der Waals surface area contributed by atoms with Crippen LogP contribution in [0.4, 0.5) is 0 Å². The van der Waals surface area contributed by atoms with Gasteiger partial charge in [0.2, 0.25) is 0 Å². The molecule has 5 unspecified atom stereocenters. The lowest BCUT2D eigenvalue weighted by Gasteiger charge is -2.59. The minimum Gasteiger partial charge on any atom is -0.462 e. The number of hydrogen-bond acceptors (Lipinski definition) is 3. The number of ether oxygens (including phenoxy) is 1. The molecule has 29 heavy (non-hydrogen) atoms. The van der Waals surface area contributed by atoms with Gasteiger partial charge in [0.05, 0.1) is 0 Å². The molecule has 1 spiro atoms. The lowest BCUT2D eigenvalue weighted by molar-refractivity contribution is -0.145. The van der Waals surface area contributed by atoms with E-state index in [2.05, 4.69) is 19.9 Å². The van der Waals surface area contributed by atoms with Crippen molar-refractivity contribution in [3.05, 3.63) is 11.6 Å². The normalized spacial score (nSPS) is 56.1. The van der Waals surface area contributed by atoms with Gasteiger partial charge in [-0.1, -0.05) is 19.4 Å². The second-order valence-corrected chi connectivity index (χ2v) is 12.5. The fourth-order valence-electron chi connectivity index (χ4n) is 9.33. The van der Waals surface area contributed by atoms with Gasteiger partial charge in [0, 0.05) is 17.8 Å². The minimum atomic E-state index is 0.0152. The standard InChI is InChI=1S/C26H34O3/c1-24-6-3-4-21(28)29-19-11-16(19)23(24)22-15-10-14(15)18-12-20(27)26(8-9-26)13-25(18,2)17(22)5-7-24/h12,14-17,19,22-23H,3-11,13H2,1-2H3/t14?,15?,16-,17?,19+,22?,23?,24-,25+/m0/s1. The fourth-order valence-corrected chi connectivity index (χ4v) is 9.33. The first-order chi connectivity index (χ1) is 13.8. The van der Waals surface area contributed by atoms with Gasteiger partial charge in [-0.3, -0.25) is 9.59 Å². The van der Waals surface area contributed by atoms with Crippen molar-refractivity contribution in [1.29, 1.82) is 0 Å². The van der Waals surface area contributed by atoms with Crippen LogP contribution >= 0.6 is 0 Å². The maximum Gasteiger partial charge on any atom is 0.306 e. The first-order valence-electron chi connectivity index (χ1n) is 12.3. The number of fused-ring (bicyclic) bond motifs is 10. The van der Waals surface area contributed by atoms with Crippen molar-refractivity contribution in [3.8, 4) is 0 Å². The smallest absolute Gasteiger partial charge is 0.306 e. The van der Waals surface area contributed by atoms with E-state index >= 15 is 0 Å². The molecule has 7 rings (SSSR count). The summed E-state index contributed by atoms with van der Waals surface area (Å²) in [6.45, 7) is 5.09. The lowest BCUT2D eigenvalue weighted by atomic mass is 9.44. The highest BCUT2D eigenvalue weighted by molar-refractivity contribution is 5.99. The molecule has 0 amide bonds. The average Bonchev–Trinajstić information content (AvgIpc) is 3.52. The quantitative estimate of drug-likeness (QED) is 0.538. The van der Waals surface area contributed by atoms with Crippen LogP contribution in [0.5, 0.6) is 0 Å². The number of rotatable bonds is 0. The maximum absolute atomic E-state index is 12.9. The van der Waals surface area contributed by atoms with Gasteiger partial charge >= 0.3 is 5.97 Å². The largest absolute Gasteiger partial charge is 0.462 e. The van der Waals surface area contributed by atoms with E-state index in [0.717, 1.165) is 55.8 Å². The van der Waals surface area contributed by atoms with Crippen LogP contribution in [0, 0.1) is 51.8 Å². The Balaban J connectivity index is 1.30. The zero-order valence-electron chi connectivity index (χ0n) is 17.9. The summed E-state index contributed by atoms with van der Waals surface area (Å²) in [6.07, 6.45) is 13.6. The third-order valence-corrected chi connectivity index (χ3v) is 10.9. The Bertz CT molecular complexity index is 852. The van der Waals surface area contributed by atoms with Crippen molar-refractivity contribution in [2.24, 2.45) is 51.8 Å². The first kappa shape index (κ1) is 17.5. The van der Waals surface area contributed by atoms with E-state index in [1.54, 1.807) is 5.57 Å². The molecular weight excluding hydrogens is 360 g/mol. The third kappa shape index (κ3) is 2.20. The van der Waals surface area contributed by atoms with E-state index in [0.29, 0.717) is 29.5 Å². The second-order valence-electron chi connectivity index (χ2n) is 12.5. The molecule has 0 aromatic heterocycles. The molecule has 1 saturated heterocycles. The van der Waals surface area contributed by atoms with Gasteiger partial charge in [0.1, 0.15) is 6.10 Å². The number of allylic oxidation sites excluding steroid dienone is 2. The first-order valence-corrected chi connectivity index (χ1v) is 12.3. The highest BCUT2D eigenvalue weighted by Gasteiger charge is 2.71. The Morgan fingerprint density at radius 3 is 2.66 bits per heavy atom. The summed E-state index contributed by atoms with van der Waals surface area (Å²) in [7, 11) is 0. The van der Waals surface area contributed by atoms with Crippen LogP contribution in [0.1, 0.15) is 78.1 Å². The number of ketones is 1. The molecule has 1 aliphatic heterocycles. The molecule has 1 heterocycles. The van der Waals surface area contributed by atoms with E-state index in [1.165, 1.54) is 25.7 Å². The Morgan fingerprint density at radius 2 is 1.86 bits per heavy atom. The van der Waals surface area contributed by atoms with Gasteiger partial charge in [-0.2, -0.15) is 0 Å². The third-order valence-electron chi connectivity index (χ3n) is 10.9. The number of carbonyl (C=O) groups excluding carboxylic acids is 2. The molecular formula is C26H34O3. The lowest BCUT2D eigenvalue weighted by Crippen LogP contribution is -2.54. The van der Waals surface area contributed by atoms with Crippen molar-refractivity contribution in [2.45, 2.75) is 84.2 Å². The van der Waals surface area contributed by atoms with Crippen molar-refractivity contribution in [1.82, 2.24) is 0 Å². The summed E-state index contributed by atoms with van der Waals surface area (Å²) in [4.78, 5) is 25.0. The van der Waals surface area contributed by atoms with Crippen LogP contribution in [0.2, 0.25) is 0 Å². The summed E-state index contributed by atoms with van der Waals surface area (Å²) in [6, 6.07) is 0. The molecule has 6 aliphatic carbocycles. The van der Waals surface area contributed by atoms with Gasteiger partial charge in [0.15, 0.2) is 5.78 Å². The summed E-state index contributed by atoms with van der Waals surface area (Å²) in [5.41, 5.74) is 2.19. The SMILES string of the molecule is C[C@@]12CCCC(=O)O[C@@H]3C[C@@H]3C1C1C3CC3C3=CC(=O)C4(CC4)C[C@]3(C)C1CC2.